The van der Waals surface area contributed by atoms with Crippen molar-refractivity contribution in [3.8, 4) is 0 Å². The van der Waals surface area contributed by atoms with E-state index in [-0.39, 0.29) is 11.5 Å². The summed E-state index contributed by atoms with van der Waals surface area (Å²) in [7, 11) is 0. The Hall–Kier alpha value is -2.77. The lowest BCUT2D eigenvalue weighted by atomic mass is 10.3. The topological polar surface area (TPSA) is 97.1 Å². The van der Waals surface area contributed by atoms with Gasteiger partial charge >= 0.3 is 5.69 Å². The minimum absolute atomic E-state index is 0.105. The quantitative estimate of drug-likeness (QED) is 0.684. The lowest BCUT2D eigenvalue weighted by Crippen LogP contribution is -2.21. The van der Waals surface area contributed by atoms with Crippen LogP contribution in [0.25, 0.3) is 0 Å². The molecule has 0 aromatic carbocycles. The first-order valence-corrected chi connectivity index (χ1v) is 7.09. The lowest BCUT2D eigenvalue weighted by molar-refractivity contribution is -0.383. The zero-order valence-corrected chi connectivity index (χ0v) is 12.2. The minimum Gasteiger partial charge on any atom is -0.351 e. The van der Waals surface area contributed by atoms with Gasteiger partial charge in [-0.25, -0.2) is 15.0 Å². The van der Waals surface area contributed by atoms with Gasteiger partial charge < -0.3 is 10.2 Å². The molecule has 2 aromatic heterocycles. The molecule has 1 aliphatic rings. The Morgan fingerprint density at radius 1 is 1.23 bits per heavy atom. The molecule has 22 heavy (non-hydrogen) atoms. The lowest BCUT2D eigenvalue weighted by Gasteiger charge is -2.17. The summed E-state index contributed by atoms with van der Waals surface area (Å²) in [6.45, 7) is 3.48. The molecular weight excluding hydrogens is 284 g/mol. The van der Waals surface area contributed by atoms with Gasteiger partial charge in [0.05, 0.1) is 4.92 Å². The molecule has 3 heterocycles. The summed E-state index contributed by atoms with van der Waals surface area (Å²) in [5, 5.41) is 14.4. The number of hydrogen-bond donors (Lipinski definition) is 1. The molecule has 8 heteroatoms. The standard InChI is InChI=1S/C14H16N6O2/c1-10-4-5-11(15-8-10)18-13-12(20(21)22)14(17-9-16-13)19-6-2-3-7-19/h4-5,8-9H,2-3,6-7H2,1H3,(H,15,16,17,18). The number of rotatable bonds is 4. The average Bonchev–Trinajstić information content (AvgIpc) is 3.03. The van der Waals surface area contributed by atoms with Crippen molar-refractivity contribution in [3.05, 3.63) is 40.3 Å². The summed E-state index contributed by atoms with van der Waals surface area (Å²) < 4.78 is 0. The molecular formula is C14H16N6O2. The second-order valence-electron chi connectivity index (χ2n) is 5.19. The zero-order valence-electron chi connectivity index (χ0n) is 12.2. The van der Waals surface area contributed by atoms with Crippen molar-refractivity contribution in [1.29, 1.82) is 0 Å². The molecule has 0 unspecified atom stereocenters. The second-order valence-corrected chi connectivity index (χ2v) is 5.19. The average molecular weight is 300 g/mol. The first-order chi connectivity index (χ1) is 10.6. The molecule has 1 aliphatic heterocycles. The fraction of sp³-hybridized carbons (Fsp3) is 0.357. The van der Waals surface area contributed by atoms with E-state index in [1.165, 1.54) is 6.33 Å². The van der Waals surface area contributed by atoms with Crippen LogP contribution in [0.3, 0.4) is 0 Å². The number of anilines is 3. The van der Waals surface area contributed by atoms with Crippen molar-refractivity contribution in [2.24, 2.45) is 0 Å². The minimum atomic E-state index is -0.440. The van der Waals surface area contributed by atoms with Crippen molar-refractivity contribution < 1.29 is 4.92 Å². The highest BCUT2D eigenvalue weighted by Gasteiger charge is 2.28. The van der Waals surface area contributed by atoms with Crippen LogP contribution in [0, 0.1) is 17.0 Å². The van der Waals surface area contributed by atoms with Crippen LogP contribution in [0.2, 0.25) is 0 Å². The summed E-state index contributed by atoms with van der Waals surface area (Å²) >= 11 is 0. The van der Waals surface area contributed by atoms with Crippen LogP contribution in [-0.2, 0) is 0 Å². The molecule has 1 saturated heterocycles. The maximum atomic E-state index is 11.5. The maximum Gasteiger partial charge on any atom is 0.353 e. The SMILES string of the molecule is Cc1ccc(Nc2ncnc(N3CCCC3)c2[N+](=O)[O-])nc1. The van der Waals surface area contributed by atoms with E-state index in [0.717, 1.165) is 31.5 Å². The Balaban J connectivity index is 1.97. The zero-order chi connectivity index (χ0) is 15.5. The van der Waals surface area contributed by atoms with Gasteiger partial charge in [-0.3, -0.25) is 10.1 Å². The molecule has 0 radical (unpaired) electrons. The van der Waals surface area contributed by atoms with Crippen molar-refractivity contribution in [1.82, 2.24) is 15.0 Å². The predicted octanol–water partition coefficient (Wildman–Crippen LogP) is 2.43. The molecule has 0 bridgehead atoms. The van der Waals surface area contributed by atoms with Gasteiger partial charge in [0.25, 0.3) is 0 Å². The fourth-order valence-corrected chi connectivity index (χ4v) is 2.45. The highest BCUT2D eigenvalue weighted by atomic mass is 16.6. The Bertz CT molecular complexity index is 682. The van der Waals surface area contributed by atoms with Crippen LogP contribution in [0.1, 0.15) is 18.4 Å². The van der Waals surface area contributed by atoms with Crippen molar-refractivity contribution in [2.75, 3.05) is 23.3 Å². The summed E-state index contributed by atoms with van der Waals surface area (Å²) in [6.07, 6.45) is 5.07. The Labute approximate surface area is 127 Å². The molecule has 0 atom stereocenters. The number of nitrogens with one attached hydrogen (secondary N) is 1. The van der Waals surface area contributed by atoms with Gasteiger partial charge in [0, 0.05) is 19.3 Å². The highest BCUT2D eigenvalue weighted by Crippen LogP contribution is 2.34. The van der Waals surface area contributed by atoms with Crippen LogP contribution in [0.15, 0.2) is 24.7 Å². The van der Waals surface area contributed by atoms with E-state index in [1.807, 2.05) is 17.9 Å². The van der Waals surface area contributed by atoms with Crippen LogP contribution in [0.4, 0.5) is 23.1 Å². The van der Waals surface area contributed by atoms with Gasteiger partial charge in [-0.15, -0.1) is 0 Å². The Morgan fingerprint density at radius 2 is 2.00 bits per heavy atom. The molecule has 2 aromatic rings. The van der Waals surface area contributed by atoms with Crippen molar-refractivity contribution in [2.45, 2.75) is 19.8 Å². The molecule has 0 spiro atoms. The fourth-order valence-electron chi connectivity index (χ4n) is 2.45. The first-order valence-electron chi connectivity index (χ1n) is 7.09. The van der Waals surface area contributed by atoms with Crippen molar-refractivity contribution >= 4 is 23.1 Å². The van der Waals surface area contributed by atoms with Gasteiger partial charge in [0.1, 0.15) is 12.1 Å². The number of aryl methyl sites for hydroxylation is 1. The molecule has 0 aliphatic carbocycles. The van der Waals surface area contributed by atoms with Gasteiger partial charge in [-0.05, 0) is 31.4 Å². The number of nitro groups is 1. The molecule has 1 N–H and O–H groups in total. The summed E-state index contributed by atoms with van der Waals surface area (Å²) in [5.74, 6) is 1.05. The van der Waals surface area contributed by atoms with Crippen LogP contribution in [0.5, 0.6) is 0 Å². The summed E-state index contributed by atoms with van der Waals surface area (Å²) in [6, 6.07) is 3.64. The molecule has 8 nitrogen and oxygen atoms in total. The third-order valence-electron chi connectivity index (χ3n) is 3.55. The van der Waals surface area contributed by atoms with Gasteiger partial charge in [0.2, 0.25) is 11.6 Å². The molecule has 3 rings (SSSR count). The van der Waals surface area contributed by atoms with E-state index >= 15 is 0 Å². The molecule has 0 saturated carbocycles. The Kier molecular flexibility index (Phi) is 3.82. The molecule has 1 fully saturated rings. The third kappa shape index (κ3) is 2.80. The number of pyridine rings is 1. The highest BCUT2D eigenvalue weighted by molar-refractivity contribution is 5.73. The van der Waals surface area contributed by atoms with Crippen LogP contribution in [-0.4, -0.2) is 33.0 Å². The second kappa shape index (κ2) is 5.92. The number of hydrogen-bond acceptors (Lipinski definition) is 7. The smallest absolute Gasteiger partial charge is 0.351 e. The summed E-state index contributed by atoms with van der Waals surface area (Å²) in [4.78, 5) is 25.3. The van der Waals surface area contributed by atoms with Crippen molar-refractivity contribution in [3.63, 3.8) is 0 Å². The Morgan fingerprint density at radius 3 is 2.64 bits per heavy atom. The van der Waals surface area contributed by atoms with Gasteiger partial charge in [-0.2, -0.15) is 0 Å². The summed E-state index contributed by atoms with van der Waals surface area (Å²) in [5.41, 5.74) is 0.910. The third-order valence-corrected chi connectivity index (χ3v) is 3.55. The van der Waals surface area contributed by atoms with Crippen LogP contribution >= 0.6 is 0 Å². The predicted molar refractivity (Wildman–Crippen MR) is 82.4 cm³/mol. The van der Waals surface area contributed by atoms with Crippen LogP contribution < -0.4 is 10.2 Å². The first kappa shape index (κ1) is 14.2. The van der Waals surface area contributed by atoms with Gasteiger partial charge in [-0.1, -0.05) is 6.07 Å². The number of nitrogens with zero attached hydrogens (tertiary/aromatic N) is 5. The maximum absolute atomic E-state index is 11.5. The normalized spacial score (nSPS) is 14.1. The molecule has 0 amide bonds. The van der Waals surface area contributed by atoms with Gasteiger partial charge in [0.15, 0.2) is 0 Å². The van der Waals surface area contributed by atoms with E-state index in [4.69, 9.17) is 0 Å². The van der Waals surface area contributed by atoms with E-state index in [2.05, 4.69) is 20.3 Å². The van der Waals surface area contributed by atoms with E-state index < -0.39 is 4.92 Å². The largest absolute Gasteiger partial charge is 0.353 e. The van der Waals surface area contributed by atoms with E-state index in [1.54, 1.807) is 12.3 Å². The number of aromatic nitrogens is 3. The molecule has 114 valence electrons. The van der Waals surface area contributed by atoms with E-state index in [0.29, 0.717) is 11.6 Å². The monoisotopic (exact) mass is 300 g/mol. The van der Waals surface area contributed by atoms with E-state index in [9.17, 15) is 10.1 Å².